The molecule has 2 aromatic rings. The van der Waals surface area contributed by atoms with Gasteiger partial charge in [-0.2, -0.15) is 0 Å². The second-order valence-corrected chi connectivity index (χ2v) is 5.55. The summed E-state index contributed by atoms with van der Waals surface area (Å²) in [5.74, 6) is -0.242. The highest BCUT2D eigenvalue weighted by Crippen LogP contribution is 2.13. The van der Waals surface area contributed by atoms with Gasteiger partial charge in [-0.25, -0.2) is 4.98 Å². The third-order valence-electron chi connectivity index (χ3n) is 2.86. The van der Waals surface area contributed by atoms with Gasteiger partial charge in [-0.15, -0.1) is 0 Å². The number of aromatic nitrogens is 2. The van der Waals surface area contributed by atoms with Gasteiger partial charge < -0.3 is 10.0 Å². The van der Waals surface area contributed by atoms with Gasteiger partial charge in [0.25, 0.3) is 5.91 Å². The van der Waals surface area contributed by atoms with Gasteiger partial charge in [0.15, 0.2) is 0 Å². The first kappa shape index (κ1) is 15.1. The molecule has 0 aliphatic heterocycles. The van der Waals surface area contributed by atoms with Crippen LogP contribution in [0.25, 0.3) is 0 Å². The van der Waals surface area contributed by atoms with Gasteiger partial charge >= 0.3 is 0 Å². The van der Waals surface area contributed by atoms with E-state index in [1.165, 1.54) is 18.6 Å². The van der Waals surface area contributed by atoms with E-state index in [1.807, 2.05) is 30.3 Å². The molecule has 21 heavy (non-hydrogen) atoms. The third kappa shape index (κ3) is 4.65. The van der Waals surface area contributed by atoms with Crippen LogP contribution in [0.2, 0.25) is 0 Å². The van der Waals surface area contributed by atoms with Crippen molar-refractivity contribution in [3.63, 3.8) is 0 Å². The first-order valence-corrected chi connectivity index (χ1v) is 6.77. The van der Waals surface area contributed by atoms with E-state index in [-0.39, 0.29) is 18.1 Å². The Balaban J connectivity index is 2.22. The first-order valence-electron chi connectivity index (χ1n) is 6.77. The SMILES string of the molecule is CC(C)(O)CN(Cc1ccccc1)C(=O)c1cnccn1. The smallest absolute Gasteiger partial charge is 0.274 e. The summed E-state index contributed by atoms with van der Waals surface area (Å²) in [6.07, 6.45) is 4.44. The number of aliphatic hydroxyl groups is 1. The molecule has 0 saturated carbocycles. The minimum absolute atomic E-state index is 0.220. The molecule has 5 nitrogen and oxygen atoms in total. The summed E-state index contributed by atoms with van der Waals surface area (Å²) < 4.78 is 0. The van der Waals surface area contributed by atoms with Crippen LogP contribution in [0.3, 0.4) is 0 Å². The molecule has 2 rings (SSSR count). The maximum atomic E-state index is 12.5. The van der Waals surface area contributed by atoms with E-state index in [9.17, 15) is 9.90 Å². The lowest BCUT2D eigenvalue weighted by Gasteiger charge is -2.29. The Morgan fingerprint density at radius 3 is 2.52 bits per heavy atom. The molecule has 5 heteroatoms. The van der Waals surface area contributed by atoms with E-state index < -0.39 is 5.60 Å². The molecule has 0 aliphatic carbocycles. The molecule has 0 atom stereocenters. The summed E-state index contributed by atoms with van der Waals surface area (Å²) in [6.45, 7) is 3.99. The zero-order chi connectivity index (χ0) is 15.3. The van der Waals surface area contributed by atoms with E-state index in [2.05, 4.69) is 9.97 Å². The molecule has 1 amide bonds. The number of rotatable bonds is 5. The van der Waals surface area contributed by atoms with Crippen LogP contribution in [0.5, 0.6) is 0 Å². The van der Waals surface area contributed by atoms with Crippen LogP contribution in [0, 0.1) is 0 Å². The van der Waals surface area contributed by atoms with E-state index >= 15 is 0 Å². The maximum absolute atomic E-state index is 12.5. The zero-order valence-electron chi connectivity index (χ0n) is 12.2. The molecule has 0 aliphatic rings. The number of hydrogen-bond acceptors (Lipinski definition) is 4. The normalized spacial score (nSPS) is 11.2. The van der Waals surface area contributed by atoms with Crippen LogP contribution in [-0.2, 0) is 6.54 Å². The van der Waals surface area contributed by atoms with Gasteiger partial charge in [0, 0.05) is 25.5 Å². The quantitative estimate of drug-likeness (QED) is 0.911. The Morgan fingerprint density at radius 2 is 1.95 bits per heavy atom. The van der Waals surface area contributed by atoms with Crippen LogP contribution in [0.15, 0.2) is 48.9 Å². The fraction of sp³-hybridized carbons (Fsp3) is 0.312. The Labute approximate surface area is 124 Å². The fourth-order valence-corrected chi connectivity index (χ4v) is 2.04. The van der Waals surface area contributed by atoms with Crippen molar-refractivity contribution in [1.29, 1.82) is 0 Å². The van der Waals surface area contributed by atoms with Crippen molar-refractivity contribution in [2.45, 2.75) is 26.0 Å². The molecule has 110 valence electrons. The molecule has 0 radical (unpaired) electrons. The second kappa shape index (κ2) is 6.45. The summed E-state index contributed by atoms with van der Waals surface area (Å²) in [6, 6.07) is 9.66. The number of nitrogens with zero attached hydrogens (tertiary/aromatic N) is 3. The molecule has 0 unspecified atom stereocenters. The average Bonchev–Trinajstić information content (AvgIpc) is 2.46. The van der Waals surface area contributed by atoms with Gasteiger partial charge in [0.2, 0.25) is 0 Å². The molecule has 1 aromatic carbocycles. The van der Waals surface area contributed by atoms with E-state index in [4.69, 9.17) is 0 Å². The minimum Gasteiger partial charge on any atom is -0.389 e. The second-order valence-electron chi connectivity index (χ2n) is 5.55. The van der Waals surface area contributed by atoms with E-state index in [0.29, 0.717) is 6.54 Å². The van der Waals surface area contributed by atoms with Crippen LogP contribution < -0.4 is 0 Å². The molecular formula is C16H19N3O2. The van der Waals surface area contributed by atoms with Crippen molar-refractivity contribution in [2.24, 2.45) is 0 Å². The Kier molecular flexibility index (Phi) is 4.65. The minimum atomic E-state index is -0.980. The van der Waals surface area contributed by atoms with Crippen molar-refractivity contribution < 1.29 is 9.90 Å². The summed E-state index contributed by atoms with van der Waals surface area (Å²) >= 11 is 0. The van der Waals surface area contributed by atoms with Crippen molar-refractivity contribution in [2.75, 3.05) is 6.54 Å². The van der Waals surface area contributed by atoms with Crippen molar-refractivity contribution in [1.82, 2.24) is 14.9 Å². The monoisotopic (exact) mass is 285 g/mol. The molecule has 1 N–H and O–H groups in total. The summed E-state index contributed by atoms with van der Waals surface area (Å²) in [5.41, 5.74) is 0.295. The molecule has 0 saturated heterocycles. The zero-order valence-corrected chi connectivity index (χ0v) is 12.2. The number of hydrogen-bond donors (Lipinski definition) is 1. The molecule has 0 bridgehead atoms. The Bertz CT molecular complexity index is 579. The van der Waals surface area contributed by atoms with Crippen LogP contribution in [-0.4, -0.2) is 38.0 Å². The van der Waals surface area contributed by atoms with Crippen LogP contribution >= 0.6 is 0 Å². The van der Waals surface area contributed by atoms with Crippen molar-refractivity contribution >= 4 is 5.91 Å². The first-order chi connectivity index (χ1) is 9.96. The predicted molar refractivity (Wildman–Crippen MR) is 79.5 cm³/mol. The van der Waals surface area contributed by atoms with Gasteiger partial charge in [0.05, 0.1) is 11.8 Å². The fourth-order valence-electron chi connectivity index (χ4n) is 2.04. The highest BCUT2D eigenvalue weighted by Gasteiger charge is 2.24. The van der Waals surface area contributed by atoms with Gasteiger partial charge in [-0.1, -0.05) is 30.3 Å². The average molecular weight is 285 g/mol. The molecule has 0 fully saturated rings. The van der Waals surface area contributed by atoms with E-state index in [0.717, 1.165) is 5.56 Å². The molecule has 1 aromatic heterocycles. The van der Waals surface area contributed by atoms with Gasteiger partial charge in [0.1, 0.15) is 5.69 Å². The number of amides is 1. The largest absolute Gasteiger partial charge is 0.389 e. The summed E-state index contributed by atoms with van der Waals surface area (Å²) in [5, 5.41) is 10.0. The van der Waals surface area contributed by atoms with Gasteiger partial charge in [-0.05, 0) is 19.4 Å². The van der Waals surface area contributed by atoms with E-state index in [1.54, 1.807) is 18.7 Å². The van der Waals surface area contributed by atoms with Crippen molar-refractivity contribution in [3.8, 4) is 0 Å². The van der Waals surface area contributed by atoms with Crippen molar-refractivity contribution in [3.05, 3.63) is 60.2 Å². The topological polar surface area (TPSA) is 66.3 Å². The Hall–Kier alpha value is -2.27. The Morgan fingerprint density at radius 1 is 1.24 bits per heavy atom. The lowest BCUT2D eigenvalue weighted by atomic mass is 10.1. The number of carbonyl (C=O) groups excluding carboxylic acids is 1. The highest BCUT2D eigenvalue weighted by molar-refractivity contribution is 5.92. The summed E-state index contributed by atoms with van der Waals surface area (Å²) in [7, 11) is 0. The predicted octanol–water partition coefficient (Wildman–Crippen LogP) is 1.89. The number of benzene rings is 1. The molecule has 0 spiro atoms. The third-order valence-corrected chi connectivity index (χ3v) is 2.86. The van der Waals surface area contributed by atoms with Crippen LogP contribution in [0.1, 0.15) is 29.9 Å². The molecular weight excluding hydrogens is 266 g/mol. The standard InChI is InChI=1S/C16H19N3O2/c1-16(2,21)12-19(11-13-6-4-3-5-7-13)15(20)14-10-17-8-9-18-14/h3-10,21H,11-12H2,1-2H3. The van der Waals surface area contributed by atoms with Crippen LogP contribution in [0.4, 0.5) is 0 Å². The lowest BCUT2D eigenvalue weighted by molar-refractivity contribution is 0.0276. The van der Waals surface area contributed by atoms with Gasteiger partial charge in [-0.3, -0.25) is 9.78 Å². The highest BCUT2D eigenvalue weighted by atomic mass is 16.3. The molecule has 1 heterocycles. The lowest BCUT2D eigenvalue weighted by Crippen LogP contribution is -2.42. The maximum Gasteiger partial charge on any atom is 0.274 e. The summed E-state index contributed by atoms with van der Waals surface area (Å²) in [4.78, 5) is 22.1. The number of carbonyl (C=O) groups is 1.